The lowest BCUT2D eigenvalue weighted by atomic mass is 10.0. The molecule has 148 valence electrons. The summed E-state index contributed by atoms with van der Waals surface area (Å²) in [5.74, 6) is 0. The Morgan fingerprint density at radius 3 is 2.66 bits per heavy atom. The predicted molar refractivity (Wildman–Crippen MR) is 120 cm³/mol. The minimum absolute atomic E-state index is 0.990. The van der Waals surface area contributed by atoms with Crippen LogP contribution in [-0.4, -0.2) is 43.9 Å². The van der Waals surface area contributed by atoms with E-state index in [1.807, 2.05) is 4.68 Å². The second-order valence-electron chi connectivity index (χ2n) is 7.81. The monoisotopic (exact) mass is 385 g/mol. The van der Waals surface area contributed by atoms with Crippen LogP contribution < -0.4 is 0 Å². The van der Waals surface area contributed by atoms with E-state index in [0.29, 0.717) is 0 Å². The van der Waals surface area contributed by atoms with Crippen LogP contribution in [0.5, 0.6) is 0 Å². The summed E-state index contributed by atoms with van der Waals surface area (Å²) < 4.78 is 4.33. The summed E-state index contributed by atoms with van der Waals surface area (Å²) in [6, 6.07) is 11.2. The maximum absolute atomic E-state index is 4.32. The number of nitrogens with zero attached hydrogens (tertiary/aromatic N) is 5. The number of aryl methyl sites for hydroxylation is 1. The van der Waals surface area contributed by atoms with Gasteiger partial charge in [-0.3, -0.25) is 0 Å². The highest BCUT2D eigenvalue weighted by atomic mass is 15.3. The lowest BCUT2D eigenvalue weighted by Gasteiger charge is -2.19. The standard InChI is InChI=1S/C24H27N5/c1-4-27(5-2)12-13-28-22-10-7-18(29-16-25-15-26-29)14-21(22)24-20-8-6-17(3)19(20)9-11-23(24)28/h7,9-11,14-16H,3-6,8,12-13H2,1-2H3. The largest absolute Gasteiger partial charge is 0.339 e. The van der Waals surface area contributed by atoms with Crippen LogP contribution in [0.2, 0.25) is 0 Å². The number of hydrogen-bond donors (Lipinski definition) is 0. The fourth-order valence-electron chi connectivity index (χ4n) is 4.76. The van der Waals surface area contributed by atoms with Gasteiger partial charge in [0.15, 0.2) is 0 Å². The van der Waals surface area contributed by atoms with Gasteiger partial charge in [0.05, 0.1) is 5.69 Å². The molecule has 1 aliphatic carbocycles. The molecule has 0 bridgehead atoms. The summed E-state index contributed by atoms with van der Waals surface area (Å²) in [7, 11) is 0. The molecule has 0 saturated heterocycles. The van der Waals surface area contributed by atoms with Gasteiger partial charge < -0.3 is 9.47 Å². The Hall–Kier alpha value is -2.92. The van der Waals surface area contributed by atoms with Crippen LogP contribution in [0.15, 0.2) is 49.6 Å². The second-order valence-corrected chi connectivity index (χ2v) is 7.81. The van der Waals surface area contributed by atoms with Crippen LogP contribution in [-0.2, 0) is 13.0 Å². The maximum Gasteiger partial charge on any atom is 0.138 e. The molecule has 0 saturated carbocycles. The summed E-state index contributed by atoms with van der Waals surface area (Å²) in [5.41, 5.74) is 7.73. The van der Waals surface area contributed by atoms with Gasteiger partial charge in [-0.05, 0) is 66.9 Å². The average Bonchev–Trinajstić information content (AvgIpc) is 3.47. The fraction of sp³-hybridized carbons (Fsp3) is 0.333. The lowest BCUT2D eigenvalue weighted by molar-refractivity contribution is 0.293. The number of allylic oxidation sites excluding steroid dienone is 1. The molecular formula is C24H27N5. The van der Waals surface area contributed by atoms with Crippen molar-refractivity contribution in [3.8, 4) is 5.69 Å². The smallest absolute Gasteiger partial charge is 0.138 e. The molecule has 5 heteroatoms. The van der Waals surface area contributed by atoms with Gasteiger partial charge in [0.2, 0.25) is 0 Å². The third kappa shape index (κ3) is 2.88. The van der Waals surface area contributed by atoms with E-state index in [1.54, 1.807) is 12.7 Å². The predicted octanol–water partition coefficient (Wildman–Crippen LogP) is 4.68. The van der Waals surface area contributed by atoms with Crippen molar-refractivity contribution < 1.29 is 0 Å². The SMILES string of the molecule is C=C1CCc2c1ccc1c2c2cc(-n3cncn3)ccc2n1CCN(CC)CC. The minimum Gasteiger partial charge on any atom is -0.339 e. The second kappa shape index (κ2) is 7.16. The summed E-state index contributed by atoms with van der Waals surface area (Å²) in [5, 5.41) is 7.02. The minimum atomic E-state index is 0.990. The highest BCUT2D eigenvalue weighted by Gasteiger charge is 2.22. The third-order valence-electron chi connectivity index (χ3n) is 6.40. The van der Waals surface area contributed by atoms with Crippen molar-refractivity contribution in [3.05, 3.63) is 60.7 Å². The molecule has 0 N–H and O–H groups in total. The van der Waals surface area contributed by atoms with E-state index in [4.69, 9.17) is 0 Å². The molecule has 2 aromatic heterocycles. The number of likely N-dealkylation sites (N-methyl/N-ethyl adjacent to an activating group) is 1. The summed E-state index contributed by atoms with van der Waals surface area (Å²) in [4.78, 5) is 6.59. The number of rotatable bonds is 6. The third-order valence-corrected chi connectivity index (χ3v) is 6.40. The first-order chi connectivity index (χ1) is 14.2. The molecule has 5 nitrogen and oxygen atoms in total. The zero-order valence-corrected chi connectivity index (χ0v) is 17.2. The normalized spacial score (nSPS) is 13.8. The van der Waals surface area contributed by atoms with Gasteiger partial charge in [-0.1, -0.05) is 26.5 Å². The van der Waals surface area contributed by atoms with Gasteiger partial charge in [-0.25, -0.2) is 9.67 Å². The first-order valence-corrected chi connectivity index (χ1v) is 10.5. The molecule has 0 spiro atoms. The highest BCUT2D eigenvalue weighted by Crippen LogP contribution is 2.41. The van der Waals surface area contributed by atoms with E-state index in [1.165, 1.54) is 38.5 Å². The van der Waals surface area contributed by atoms with Gasteiger partial charge in [-0.15, -0.1) is 0 Å². The Bertz CT molecular complexity index is 1200. The highest BCUT2D eigenvalue weighted by molar-refractivity contribution is 6.12. The number of benzene rings is 2. The van der Waals surface area contributed by atoms with Gasteiger partial charge in [0.25, 0.3) is 0 Å². The number of hydrogen-bond acceptors (Lipinski definition) is 3. The van der Waals surface area contributed by atoms with Gasteiger partial charge in [-0.2, -0.15) is 5.10 Å². The maximum atomic E-state index is 4.32. The van der Waals surface area contributed by atoms with Crippen LogP contribution in [0, 0.1) is 0 Å². The van der Waals surface area contributed by atoms with Crippen LogP contribution in [0.4, 0.5) is 0 Å². The molecule has 2 heterocycles. The van der Waals surface area contributed by atoms with Crippen molar-refractivity contribution in [2.24, 2.45) is 0 Å². The first kappa shape index (κ1) is 18.1. The van der Waals surface area contributed by atoms with Crippen LogP contribution in [0.3, 0.4) is 0 Å². The van der Waals surface area contributed by atoms with E-state index >= 15 is 0 Å². The topological polar surface area (TPSA) is 38.9 Å². The van der Waals surface area contributed by atoms with E-state index in [9.17, 15) is 0 Å². The molecule has 0 fully saturated rings. The van der Waals surface area contributed by atoms with E-state index in [2.05, 4.69) is 70.3 Å². The van der Waals surface area contributed by atoms with Crippen LogP contribution >= 0.6 is 0 Å². The zero-order valence-electron chi connectivity index (χ0n) is 17.2. The molecule has 0 amide bonds. The van der Waals surface area contributed by atoms with Gasteiger partial charge in [0.1, 0.15) is 12.7 Å². The Morgan fingerprint density at radius 1 is 1.07 bits per heavy atom. The van der Waals surface area contributed by atoms with Crippen molar-refractivity contribution in [1.82, 2.24) is 24.2 Å². The lowest BCUT2D eigenvalue weighted by Crippen LogP contribution is -2.26. The molecule has 0 radical (unpaired) electrons. The molecule has 0 aliphatic heterocycles. The van der Waals surface area contributed by atoms with E-state index < -0.39 is 0 Å². The van der Waals surface area contributed by atoms with E-state index in [-0.39, 0.29) is 0 Å². The number of aromatic nitrogens is 4. The molecule has 29 heavy (non-hydrogen) atoms. The van der Waals surface area contributed by atoms with E-state index in [0.717, 1.165) is 44.7 Å². The Morgan fingerprint density at radius 2 is 1.90 bits per heavy atom. The van der Waals surface area contributed by atoms with Crippen LogP contribution in [0.25, 0.3) is 33.1 Å². The first-order valence-electron chi connectivity index (χ1n) is 10.5. The Balaban J connectivity index is 1.74. The summed E-state index contributed by atoms with van der Waals surface area (Å²) in [6.07, 6.45) is 5.48. The van der Waals surface area contributed by atoms with Crippen molar-refractivity contribution in [1.29, 1.82) is 0 Å². The van der Waals surface area contributed by atoms with Crippen molar-refractivity contribution in [2.45, 2.75) is 33.2 Å². The van der Waals surface area contributed by atoms with Gasteiger partial charge in [0, 0.05) is 34.9 Å². The molecule has 0 unspecified atom stereocenters. The molecule has 1 aliphatic rings. The molecular weight excluding hydrogens is 358 g/mol. The van der Waals surface area contributed by atoms with Crippen molar-refractivity contribution in [3.63, 3.8) is 0 Å². The number of fused-ring (bicyclic) bond motifs is 5. The quantitative estimate of drug-likeness (QED) is 0.484. The molecule has 0 atom stereocenters. The van der Waals surface area contributed by atoms with Crippen molar-refractivity contribution in [2.75, 3.05) is 19.6 Å². The van der Waals surface area contributed by atoms with Gasteiger partial charge >= 0.3 is 0 Å². The Labute approximate surface area is 171 Å². The average molecular weight is 386 g/mol. The summed E-state index contributed by atoms with van der Waals surface area (Å²) >= 11 is 0. The molecule has 5 rings (SSSR count). The summed E-state index contributed by atoms with van der Waals surface area (Å²) in [6.45, 7) is 13.0. The molecule has 2 aromatic carbocycles. The molecule has 4 aromatic rings. The zero-order chi connectivity index (χ0) is 20.0. The van der Waals surface area contributed by atoms with Crippen LogP contribution in [0.1, 0.15) is 31.4 Å². The Kier molecular flexibility index (Phi) is 4.47. The van der Waals surface area contributed by atoms with Crippen molar-refractivity contribution >= 4 is 27.4 Å². The fourth-order valence-corrected chi connectivity index (χ4v) is 4.76.